The smallest absolute Gasteiger partial charge is 0.0452 e. The summed E-state index contributed by atoms with van der Waals surface area (Å²) in [5.41, 5.74) is 6.67. The Balaban J connectivity index is 2.46. The minimum absolute atomic E-state index is 0.892. The summed E-state index contributed by atoms with van der Waals surface area (Å²) in [6.45, 7) is 0. The molecule has 0 aliphatic carbocycles. The highest BCUT2D eigenvalue weighted by atomic mass is 32.2. The Morgan fingerprint density at radius 1 is 1.25 bits per heavy atom. The normalized spacial score (nSPS) is 10.1. The predicted molar refractivity (Wildman–Crippen MR) is 60.0 cm³/mol. The van der Waals surface area contributed by atoms with Crippen LogP contribution in [0.4, 0.5) is 5.69 Å². The quantitative estimate of drug-likeness (QED) is 0.459. The number of rotatable bonds is 4. The molecule has 0 aromatic heterocycles. The minimum atomic E-state index is 0.892. The molecule has 3 heteroatoms. The van der Waals surface area contributed by atoms with Crippen molar-refractivity contribution < 1.29 is 0 Å². The summed E-state index contributed by atoms with van der Waals surface area (Å²) < 4.78 is 0. The highest BCUT2D eigenvalue weighted by molar-refractivity contribution is 8.02. The zero-order valence-electron chi connectivity index (χ0n) is 7.12. The number of para-hydroxylation sites is 1. The van der Waals surface area contributed by atoms with Crippen molar-refractivity contribution in [2.75, 3.05) is 23.5 Å². The Hall–Kier alpha value is -0.280. The zero-order chi connectivity index (χ0) is 8.81. The number of anilines is 1. The number of hydrogen-bond donors (Lipinski definition) is 1. The number of nitrogens with two attached hydrogens (primary N) is 1. The van der Waals surface area contributed by atoms with Crippen LogP contribution in [-0.4, -0.2) is 17.8 Å². The van der Waals surface area contributed by atoms with Gasteiger partial charge in [-0.25, -0.2) is 0 Å². The molecule has 0 fully saturated rings. The molecule has 66 valence electrons. The first kappa shape index (κ1) is 9.81. The standard InChI is InChI=1S/C9H13NS2/c1-11-6-7-12-9-5-3-2-4-8(9)10/h2-5H,6-7,10H2,1H3. The van der Waals surface area contributed by atoms with Crippen LogP contribution in [-0.2, 0) is 0 Å². The van der Waals surface area contributed by atoms with E-state index in [-0.39, 0.29) is 0 Å². The van der Waals surface area contributed by atoms with Crippen LogP contribution in [0.15, 0.2) is 29.2 Å². The van der Waals surface area contributed by atoms with Gasteiger partial charge < -0.3 is 5.73 Å². The number of hydrogen-bond acceptors (Lipinski definition) is 3. The second-order valence-electron chi connectivity index (χ2n) is 2.38. The van der Waals surface area contributed by atoms with Gasteiger partial charge in [-0.15, -0.1) is 11.8 Å². The van der Waals surface area contributed by atoms with Crippen molar-refractivity contribution in [3.05, 3.63) is 24.3 Å². The van der Waals surface area contributed by atoms with E-state index in [1.165, 1.54) is 10.6 Å². The van der Waals surface area contributed by atoms with Crippen molar-refractivity contribution >= 4 is 29.2 Å². The van der Waals surface area contributed by atoms with Gasteiger partial charge in [-0.05, 0) is 18.4 Å². The van der Waals surface area contributed by atoms with E-state index in [4.69, 9.17) is 5.73 Å². The maximum atomic E-state index is 5.78. The van der Waals surface area contributed by atoms with Crippen LogP contribution in [0.2, 0.25) is 0 Å². The van der Waals surface area contributed by atoms with Crippen molar-refractivity contribution in [3.8, 4) is 0 Å². The van der Waals surface area contributed by atoms with Crippen LogP contribution in [0.1, 0.15) is 0 Å². The summed E-state index contributed by atoms with van der Waals surface area (Å²) in [5, 5.41) is 0. The van der Waals surface area contributed by atoms with Crippen LogP contribution in [0, 0.1) is 0 Å². The predicted octanol–water partition coefficient (Wildman–Crippen LogP) is 2.72. The van der Waals surface area contributed by atoms with Gasteiger partial charge >= 0.3 is 0 Å². The van der Waals surface area contributed by atoms with Crippen LogP contribution >= 0.6 is 23.5 Å². The molecule has 0 spiro atoms. The van der Waals surface area contributed by atoms with Gasteiger partial charge in [0.05, 0.1) is 0 Å². The number of benzene rings is 1. The van der Waals surface area contributed by atoms with Crippen LogP contribution in [0.5, 0.6) is 0 Å². The molecule has 1 aromatic rings. The minimum Gasteiger partial charge on any atom is -0.398 e. The second kappa shape index (κ2) is 5.38. The van der Waals surface area contributed by atoms with Gasteiger partial charge in [0, 0.05) is 22.1 Å². The van der Waals surface area contributed by atoms with Gasteiger partial charge in [0.15, 0.2) is 0 Å². The molecule has 0 saturated heterocycles. The maximum absolute atomic E-state index is 5.78. The average molecular weight is 199 g/mol. The fourth-order valence-electron chi connectivity index (χ4n) is 0.847. The fourth-order valence-corrected chi connectivity index (χ4v) is 2.48. The second-order valence-corrected chi connectivity index (χ2v) is 4.50. The lowest BCUT2D eigenvalue weighted by Gasteiger charge is -2.02. The highest BCUT2D eigenvalue weighted by Gasteiger charge is 1.96. The molecule has 1 aromatic carbocycles. The molecule has 0 radical (unpaired) electrons. The van der Waals surface area contributed by atoms with Crippen LogP contribution in [0.25, 0.3) is 0 Å². The topological polar surface area (TPSA) is 26.0 Å². The molecule has 0 heterocycles. The Labute approximate surface area is 82.1 Å². The number of nitrogen functional groups attached to an aromatic ring is 1. The average Bonchev–Trinajstić information content (AvgIpc) is 2.09. The summed E-state index contributed by atoms with van der Waals surface area (Å²) >= 11 is 3.69. The van der Waals surface area contributed by atoms with Gasteiger partial charge in [0.1, 0.15) is 0 Å². The molecule has 0 atom stereocenters. The summed E-state index contributed by atoms with van der Waals surface area (Å²) in [5.74, 6) is 2.31. The molecule has 1 rings (SSSR count). The lowest BCUT2D eigenvalue weighted by Crippen LogP contribution is -1.89. The Morgan fingerprint density at radius 3 is 2.67 bits per heavy atom. The van der Waals surface area contributed by atoms with E-state index >= 15 is 0 Å². The van der Waals surface area contributed by atoms with E-state index < -0.39 is 0 Å². The molecule has 1 nitrogen and oxygen atoms in total. The summed E-state index contributed by atoms with van der Waals surface area (Å²) in [6, 6.07) is 8.01. The van der Waals surface area contributed by atoms with Crippen molar-refractivity contribution in [2.24, 2.45) is 0 Å². The van der Waals surface area contributed by atoms with E-state index in [9.17, 15) is 0 Å². The molecule has 0 bridgehead atoms. The van der Waals surface area contributed by atoms with Gasteiger partial charge in [-0.2, -0.15) is 11.8 Å². The van der Waals surface area contributed by atoms with Crippen molar-refractivity contribution in [1.82, 2.24) is 0 Å². The van der Waals surface area contributed by atoms with Gasteiger partial charge in [0.25, 0.3) is 0 Å². The van der Waals surface area contributed by atoms with Crippen LogP contribution < -0.4 is 5.73 Å². The molecular weight excluding hydrogens is 186 g/mol. The van der Waals surface area contributed by atoms with E-state index in [0.717, 1.165) is 11.4 Å². The molecule has 0 unspecified atom stereocenters. The van der Waals surface area contributed by atoms with Gasteiger partial charge in [-0.3, -0.25) is 0 Å². The first-order chi connectivity index (χ1) is 5.84. The lowest BCUT2D eigenvalue weighted by molar-refractivity contribution is 1.44. The van der Waals surface area contributed by atoms with Gasteiger partial charge in [-0.1, -0.05) is 12.1 Å². The maximum Gasteiger partial charge on any atom is 0.0452 e. The molecule has 0 aliphatic rings. The summed E-state index contributed by atoms with van der Waals surface area (Å²) in [4.78, 5) is 1.20. The lowest BCUT2D eigenvalue weighted by atomic mass is 10.3. The van der Waals surface area contributed by atoms with Gasteiger partial charge in [0.2, 0.25) is 0 Å². The molecular formula is C9H13NS2. The molecule has 0 saturated carbocycles. The van der Waals surface area contributed by atoms with E-state index in [1.807, 2.05) is 41.7 Å². The highest BCUT2D eigenvalue weighted by Crippen LogP contribution is 2.24. The zero-order valence-corrected chi connectivity index (χ0v) is 8.75. The number of thioether (sulfide) groups is 2. The van der Waals surface area contributed by atoms with E-state index in [1.54, 1.807) is 0 Å². The third-order valence-electron chi connectivity index (χ3n) is 1.46. The third-order valence-corrected chi connectivity index (χ3v) is 3.43. The first-order valence-electron chi connectivity index (χ1n) is 3.81. The molecule has 0 aliphatic heterocycles. The largest absolute Gasteiger partial charge is 0.398 e. The van der Waals surface area contributed by atoms with E-state index in [2.05, 4.69) is 12.3 Å². The summed E-state index contributed by atoms with van der Waals surface area (Å²) in [6.07, 6.45) is 2.12. The SMILES string of the molecule is CSCCSc1ccccc1N. The van der Waals surface area contributed by atoms with Crippen molar-refractivity contribution in [1.29, 1.82) is 0 Å². The monoisotopic (exact) mass is 199 g/mol. The molecule has 12 heavy (non-hydrogen) atoms. The molecule has 0 amide bonds. The van der Waals surface area contributed by atoms with Crippen molar-refractivity contribution in [3.63, 3.8) is 0 Å². The Kier molecular flexibility index (Phi) is 4.40. The fraction of sp³-hybridized carbons (Fsp3) is 0.333. The Bertz CT molecular complexity index is 238. The first-order valence-corrected chi connectivity index (χ1v) is 6.19. The Morgan fingerprint density at radius 2 is 2.00 bits per heavy atom. The third kappa shape index (κ3) is 2.99. The van der Waals surface area contributed by atoms with E-state index in [0.29, 0.717) is 0 Å². The molecule has 2 N–H and O–H groups in total. The van der Waals surface area contributed by atoms with Crippen molar-refractivity contribution in [2.45, 2.75) is 4.90 Å². The van der Waals surface area contributed by atoms with Crippen LogP contribution in [0.3, 0.4) is 0 Å². The summed E-state index contributed by atoms with van der Waals surface area (Å²) in [7, 11) is 0.